The molecule has 1 aromatic heterocycles. The van der Waals surface area contributed by atoms with E-state index in [1.807, 2.05) is 30.3 Å². The van der Waals surface area contributed by atoms with Gasteiger partial charge in [0.15, 0.2) is 12.2 Å². The number of fused-ring (bicyclic) bond motifs is 1. The molecule has 12 nitrogen and oxygen atoms in total. The number of benzene rings is 2. The van der Waals surface area contributed by atoms with E-state index < -0.39 is 66.8 Å². The summed E-state index contributed by atoms with van der Waals surface area (Å²) in [5, 5.41) is 0.629. The maximum absolute atomic E-state index is 12.4. The molecule has 5 atom stereocenters. The van der Waals surface area contributed by atoms with Crippen LogP contribution in [0.2, 0.25) is 0 Å². The third kappa shape index (κ3) is 7.28. The summed E-state index contributed by atoms with van der Waals surface area (Å²) in [6.07, 6.45) is -6.72. The molecule has 2 heterocycles. The number of carbonyl (C=O) groups is 4. The summed E-state index contributed by atoms with van der Waals surface area (Å²) in [4.78, 5) is 59.9. The van der Waals surface area contributed by atoms with Crippen molar-refractivity contribution in [2.45, 2.75) is 58.4 Å². The Morgan fingerprint density at radius 3 is 2.02 bits per heavy atom. The molecular weight excluding hydrogens is 540 g/mol. The lowest BCUT2D eigenvalue weighted by molar-refractivity contribution is -0.288. The van der Waals surface area contributed by atoms with Crippen LogP contribution in [0.5, 0.6) is 5.75 Å². The van der Waals surface area contributed by atoms with Crippen LogP contribution in [0.4, 0.5) is 0 Å². The van der Waals surface area contributed by atoms with Crippen LogP contribution in [0.25, 0.3) is 22.1 Å². The molecule has 2 aromatic carbocycles. The third-order valence-electron chi connectivity index (χ3n) is 6.00. The Kier molecular flexibility index (Phi) is 9.03. The first-order chi connectivity index (χ1) is 19.5. The first kappa shape index (κ1) is 29.3. The Morgan fingerprint density at radius 2 is 1.39 bits per heavy atom. The van der Waals surface area contributed by atoms with Gasteiger partial charge in [0.05, 0.1) is 0 Å². The highest BCUT2D eigenvalue weighted by atomic mass is 16.7. The SMILES string of the molecule is CC(=O)OC[C@H]1OC(Oc2ccc3c(-c4ccccc4)cc(=O)oc3c2)[C@H](OC(C)=O)[C@@H](OC(C)=O)[C@@H]1OC(C)=O. The predicted molar refractivity (Wildman–Crippen MR) is 141 cm³/mol. The van der Waals surface area contributed by atoms with E-state index in [4.69, 9.17) is 32.8 Å². The van der Waals surface area contributed by atoms with Gasteiger partial charge in [0.2, 0.25) is 12.4 Å². The normalized spacial score (nSPS) is 21.9. The minimum atomic E-state index is -1.43. The van der Waals surface area contributed by atoms with E-state index in [-0.39, 0.29) is 11.3 Å². The van der Waals surface area contributed by atoms with Crippen molar-refractivity contribution in [2.24, 2.45) is 0 Å². The van der Waals surface area contributed by atoms with Gasteiger partial charge in [-0.05, 0) is 23.3 Å². The molecule has 0 radical (unpaired) electrons. The van der Waals surface area contributed by atoms with Crippen molar-refractivity contribution in [1.29, 1.82) is 0 Å². The van der Waals surface area contributed by atoms with Crippen LogP contribution in [0.3, 0.4) is 0 Å². The maximum Gasteiger partial charge on any atom is 0.336 e. The first-order valence-electron chi connectivity index (χ1n) is 12.6. The van der Waals surface area contributed by atoms with Crippen molar-refractivity contribution < 1.29 is 52.0 Å². The van der Waals surface area contributed by atoms with E-state index in [0.29, 0.717) is 10.9 Å². The number of hydrogen-bond donors (Lipinski definition) is 0. The molecule has 1 aliphatic heterocycles. The fraction of sp³-hybridized carbons (Fsp3) is 0.345. The third-order valence-corrected chi connectivity index (χ3v) is 6.00. The number of carbonyl (C=O) groups excluding carboxylic acids is 4. The van der Waals surface area contributed by atoms with Crippen LogP contribution in [0, 0.1) is 0 Å². The zero-order chi connectivity index (χ0) is 29.7. The molecule has 0 saturated carbocycles. The highest BCUT2D eigenvalue weighted by molar-refractivity contribution is 5.93. The van der Waals surface area contributed by atoms with Crippen LogP contribution < -0.4 is 10.4 Å². The number of hydrogen-bond acceptors (Lipinski definition) is 12. The molecule has 0 N–H and O–H groups in total. The van der Waals surface area contributed by atoms with Gasteiger partial charge in [-0.2, -0.15) is 0 Å². The van der Waals surface area contributed by atoms with Crippen molar-refractivity contribution in [2.75, 3.05) is 6.61 Å². The monoisotopic (exact) mass is 568 g/mol. The van der Waals surface area contributed by atoms with Crippen molar-refractivity contribution in [3.05, 3.63) is 65.0 Å². The average Bonchev–Trinajstić information content (AvgIpc) is 2.90. The molecule has 12 heteroatoms. The van der Waals surface area contributed by atoms with Crippen LogP contribution >= 0.6 is 0 Å². The second kappa shape index (κ2) is 12.6. The van der Waals surface area contributed by atoms with Crippen LogP contribution in [0.1, 0.15) is 27.7 Å². The molecular formula is C29H28O12. The van der Waals surface area contributed by atoms with Crippen LogP contribution in [0.15, 0.2) is 63.8 Å². The maximum atomic E-state index is 12.4. The summed E-state index contributed by atoms with van der Waals surface area (Å²) in [6.45, 7) is 4.16. The van der Waals surface area contributed by atoms with Gasteiger partial charge in [-0.25, -0.2) is 4.79 Å². The quantitative estimate of drug-likeness (QED) is 0.223. The van der Waals surface area contributed by atoms with E-state index in [1.165, 1.54) is 19.1 Å². The van der Waals surface area contributed by atoms with Gasteiger partial charge >= 0.3 is 29.5 Å². The molecule has 0 bridgehead atoms. The molecule has 1 unspecified atom stereocenters. The second-order valence-electron chi connectivity index (χ2n) is 9.19. The summed E-state index contributed by atoms with van der Waals surface area (Å²) >= 11 is 0. The molecule has 0 spiro atoms. The Labute approximate surface area is 234 Å². The van der Waals surface area contributed by atoms with E-state index in [0.717, 1.165) is 26.3 Å². The van der Waals surface area contributed by atoms with Gasteiger partial charge in [0.1, 0.15) is 24.0 Å². The second-order valence-corrected chi connectivity index (χ2v) is 9.19. The lowest BCUT2D eigenvalue weighted by Crippen LogP contribution is -2.63. The molecule has 1 saturated heterocycles. The lowest BCUT2D eigenvalue weighted by atomic mass is 9.98. The van der Waals surface area contributed by atoms with Gasteiger partial charge in [0, 0.05) is 45.2 Å². The fourth-order valence-corrected chi connectivity index (χ4v) is 4.49. The summed E-state index contributed by atoms with van der Waals surface area (Å²) < 4.78 is 38.7. The van der Waals surface area contributed by atoms with Crippen LogP contribution in [-0.2, 0) is 42.9 Å². The van der Waals surface area contributed by atoms with E-state index in [9.17, 15) is 24.0 Å². The van der Waals surface area contributed by atoms with E-state index in [2.05, 4.69) is 0 Å². The zero-order valence-corrected chi connectivity index (χ0v) is 22.7. The predicted octanol–water partition coefficient (Wildman–Crippen LogP) is 2.92. The summed E-state index contributed by atoms with van der Waals surface area (Å²) in [5.41, 5.74) is 1.08. The van der Waals surface area contributed by atoms with Gasteiger partial charge in [0.25, 0.3) is 0 Å². The van der Waals surface area contributed by atoms with E-state index >= 15 is 0 Å². The summed E-state index contributed by atoms with van der Waals surface area (Å²) in [7, 11) is 0. The lowest BCUT2D eigenvalue weighted by Gasteiger charge is -2.43. The van der Waals surface area contributed by atoms with Crippen molar-refractivity contribution in [1.82, 2.24) is 0 Å². The Bertz CT molecular complexity index is 1490. The standard InChI is InChI=1S/C29H28O12/c1-15(30)35-14-24-26(36-16(2)31)27(37-17(3)32)28(38-18(4)33)29(41-24)39-20-10-11-21-22(19-8-6-5-7-9-19)13-25(34)40-23(21)12-20/h5-13,24,26-29H,14H2,1-4H3/t24-,26-,27+,28-,29?/m1/s1. The Balaban J connectivity index is 1.74. The summed E-state index contributed by atoms with van der Waals surface area (Å²) in [6, 6.07) is 15.4. The summed E-state index contributed by atoms with van der Waals surface area (Å²) in [5.74, 6) is -2.77. The largest absolute Gasteiger partial charge is 0.463 e. The molecule has 0 amide bonds. The molecule has 4 rings (SSSR count). The molecule has 1 fully saturated rings. The first-order valence-corrected chi connectivity index (χ1v) is 12.6. The van der Waals surface area contributed by atoms with Crippen molar-refractivity contribution in [3.8, 4) is 16.9 Å². The smallest absolute Gasteiger partial charge is 0.336 e. The zero-order valence-electron chi connectivity index (χ0n) is 22.7. The minimum Gasteiger partial charge on any atom is -0.463 e. The highest BCUT2D eigenvalue weighted by Crippen LogP contribution is 2.33. The topological polar surface area (TPSA) is 154 Å². The number of esters is 4. The number of rotatable bonds is 8. The van der Waals surface area contributed by atoms with Crippen molar-refractivity contribution >= 4 is 34.8 Å². The van der Waals surface area contributed by atoms with Gasteiger partial charge < -0.3 is 32.8 Å². The van der Waals surface area contributed by atoms with E-state index in [1.54, 1.807) is 12.1 Å². The Morgan fingerprint density at radius 1 is 0.756 bits per heavy atom. The molecule has 216 valence electrons. The number of ether oxygens (including phenoxy) is 6. The fourth-order valence-electron chi connectivity index (χ4n) is 4.49. The van der Waals surface area contributed by atoms with Gasteiger partial charge in [-0.3, -0.25) is 19.2 Å². The molecule has 1 aliphatic rings. The Hall–Kier alpha value is -4.71. The van der Waals surface area contributed by atoms with Gasteiger partial charge in [-0.15, -0.1) is 0 Å². The van der Waals surface area contributed by atoms with Crippen LogP contribution in [-0.4, -0.2) is 61.2 Å². The molecule has 0 aliphatic carbocycles. The van der Waals surface area contributed by atoms with Gasteiger partial charge in [-0.1, -0.05) is 30.3 Å². The molecule has 41 heavy (non-hydrogen) atoms. The highest BCUT2D eigenvalue weighted by Gasteiger charge is 2.53. The average molecular weight is 569 g/mol. The molecule has 3 aromatic rings. The minimum absolute atomic E-state index is 0.145. The van der Waals surface area contributed by atoms with Crippen molar-refractivity contribution in [3.63, 3.8) is 0 Å².